The smallest absolute Gasteiger partial charge is 0.292 e. The first kappa shape index (κ1) is 44.9. The van der Waals surface area contributed by atoms with E-state index >= 15 is 0 Å². The minimum Gasteiger partial charge on any atom is -0.292 e. The Hall–Kier alpha value is 0.907. The van der Waals surface area contributed by atoms with Gasteiger partial charge in [-0.3, -0.25) is 13.2 Å². The fraction of sp³-hybridized carbons (Fsp3) is 1.00. The summed E-state index contributed by atoms with van der Waals surface area (Å²) in [4.78, 5) is 0. The summed E-state index contributed by atoms with van der Waals surface area (Å²) in [6.45, 7) is 69.1. The molecule has 0 saturated heterocycles. The maximum Gasteiger partial charge on any atom is 0.427 e. The van der Waals surface area contributed by atoms with Crippen molar-refractivity contribution >= 4 is 29.7 Å². The van der Waals surface area contributed by atoms with Gasteiger partial charge in [-0.1, -0.05) is 187 Å². The van der Waals surface area contributed by atoms with E-state index in [1.54, 1.807) is 0 Å². The lowest BCUT2D eigenvalue weighted by Crippen LogP contribution is -2.45. The van der Waals surface area contributed by atoms with Gasteiger partial charge in [0.15, 0.2) is 0 Å². The molecule has 44 heavy (non-hydrogen) atoms. The van der Waals surface area contributed by atoms with Crippen molar-refractivity contribution in [2.24, 2.45) is 13.2 Å². The molecule has 0 aromatic carbocycles. The highest BCUT2D eigenvalue weighted by atomic mass is 31.2. The third kappa shape index (κ3) is 7.55. The molecule has 0 atom stereocenters. The van der Waals surface area contributed by atoms with Crippen molar-refractivity contribution in [2.75, 3.05) is 0 Å². The van der Waals surface area contributed by atoms with E-state index in [1.165, 1.54) is 0 Å². The van der Waals surface area contributed by atoms with E-state index in [0.717, 1.165) is 0 Å². The molecule has 266 valence electrons. The molecule has 0 amide bonds. The number of hydrogen-bond donors (Lipinski definition) is 0. The van der Waals surface area contributed by atoms with Crippen LogP contribution in [0, 0.1) is 0 Å². The van der Waals surface area contributed by atoms with Gasteiger partial charge in [-0.15, -0.1) is 0 Å². The molecule has 0 aromatic rings. The lowest BCUT2D eigenvalue weighted by molar-refractivity contribution is 0.627. The minimum atomic E-state index is -3.12. The highest BCUT2D eigenvalue weighted by Crippen LogP contribution is 2.82. The third-order valence-corrected chi connectivity index (χ3v) is 35.4. The second-order valence-electron chi connectivity index (χ2n) is 22.7. The van der Waals surface area contributed by atoms with Crippen LogP contribution in [0.25, 0.3) is 0 Å². The van der Waals surface area contributed by atoms with E-state index < -0.39 is 29.7 Å². The second-order valence-corrected chi connectivity index (χ2v) is 42.9. The molecule has 0 saturated carbocycles. The van der Waals surface area contributed by atoms with E-state index in [0.29, 0.717) is 0 Å². The van der Waals surface area contributed by atoms with Crippen LogP contribution < -0.4 is 0 Å². The van der Waals surface area contributed by atoms with Crippen molar-refractivity contribution in [3.63, 3.8) is 0 Å². The van der Waals surface area contributed by atoms with E-state index in [4.69, 9.17) is 13.2 Å². The lowest BCUT2D eigenvalue weighted by Gasteiger charge is -2.59. The van der Waals surface area contributed by atoms with E-state index in [2.05, 4.69) is 193 Å². The predicted octanol–water partition coefficient (Wildman–Crippen LogP) is 15.3. The molecule has 0 fully saturated rings. The highest BCUT2D eigenvalue weighted by Gasteiger charge is 2.59. The zero-order chi connectivity index (χ0) is 36.6. The molecule has 7 heteroatoms. The third-order valence-electron chi connectivity index (χ3n) is 9.76. The van der Waals surface area contributed by atoms with Crippen LogP contribution in [-0.2, 0) is 0 Å². The van der Waals surface area contributed by atoms with Gasteiger partial charge in [0.2, 0.25) is 0 Å². The maximum atomic E-state index is 6.58. The summed E-state index contributed by atoms with van der Waals surface area (Å²) in [5, 5.41) is 0.0125. The van der Waals surface area contributed by atoms with Crippen LogP contribution in [0.5, 0.6) is 0 Å². The molecular weight excluding hydrogens is 607 g/mol. The SMILES string of the molecule is CC(C)(C)P(=N[Si](C)(N=P(C(C)(C)C)(C(C)(C)C)C(C)(C)C)N=P(C(C)(C)C)(C(C)(C)C)C(C)(C)C)(C(C)(C)C)C(C)(C)C. The van der Waals surface area contributed by atoms with Crippen molar-refractivity contribution in [2.45, 2.75) is 240 Å². The molecule has 0 radical (unpaired) electrons. The Morgan fingerprint density at radius 2 is 0.341 bits per heavy atom. The van der Waals surface area contributed by atoms with Gasteiger partial charge in [-0.2, -0.15) is 0 Å². The van der Waals surface area contributed by atoms with Gasteiger partial charge in [0.25, 0.3) is 0 Å². The molecule has 0 aliphatic heterocycles. The van der Waals surface area contributed by atoms with Crippen LogP contribution in [0.2, 0.25) is 6.55 Å². The van der Waals surface area contributed by atoms with Gasteiger partial charge < -0.3 is 0 Å². The summed E-state index contributed by atoms with van der Waals surface area (Å²) in [5.74, 6) is 0. The average Bonchev–Trinajstić information content (AvgIpc) is 2.59. The first-order chi connectivity index (χ1) is 18.4. The Morgan fingerprint density at radius 3 is 0.409 bits per heavy atom. The van der Waals surface area contributed by atoms with Crippen molar-refractivity contribution in [1.82, 2.24) is 0 Å². The van der Waals surface area contributed by atoms with E-state index in [-0.39, 0.29) is 46.4 Å². The Kier molecular flexibility index (Phi) is 12.3. The summed E-state index contributed by atoms with van der Waals surface area (Å²) in [7, 11) is -9.48. The monoisotopic (exact) mass is 692 g/mol. The van der Waals surface area contributed by atoms with Crippen LogP contribution in [0.1, 0.15) is 187 Å². The molecule has 0 N–H and O–H groups in total. The van der Waals surface area contributed by atoms with Crippen molar-refractivity contribution in [1.29, 1.82) is 0 Å². The Labute approximate surface area is 281 Å². The fourth-order valence-electron chi connectivity index (χ4n) is 11.3. The molecule has 0 aliphatic rings. The van der Waals surface area contributed by atoms with Gasteiger partial charge >= 0.3 is 8.56 Å². The van der Waals surface area contributed by atoms with Crippen molar-refractivity contribution in [3.8, 4) is 0 Å². The van der Waals surface area contributed by atoms with Crippen LogP contribution >= 0.6 is 21.2 Å². The standard InChI is InChI=1S/C37H84N3P3Si/c1-29(2,3)41(30(4,5)6,31(7,8)9)38-44(28,39-42(32(10,11)12,33(13,14)15)34(16,17)18)40-43(35(19,20)21,36(22,23)24)37(25,26)27/h1-28H3. The number of nitrogens with zero attached hydrogens (tertiary/aromatic N) is 3. The van der Waals surface area contributed by atoms with Gasteiger partial charge in [0.05, 0.1) is 0 Å². The summed E-state index contributed by atoms with van der Waals surface area (Å²) >= 11 is 0. The molecule has 3 nitrogen and oxygen atoms in total. The Balaban J connectivity index is 10.1. The maximum absolute atomic E-state index is 6.58. The summed E-state index contributed by atoms with van der Waals surface area (Å²) in [5.41, 5.74) is 0. The molecule has 0 aromatic heterocycles. The van der Waals surface area contributed by atoms with Crippen LogP contribution in [0.3, 0.4) is 0 Å². The zero-order valence-corrected chi connectivity index (χ0v) is 39.4. The highest BCUT2D eigenvalue weighted by molar-refractivity contribution is 7.75. The first-order valence-corrected chi connectivity index (χ1v) is 24.8. The predicted molar refractivity (Wildman–Crippen MR) is 217 cm³/mol. The molecule has 0 spiro atoms. The molecular formula is C37H84N3P3Si. The minimum absolute atomic E-state index is 0.00139. The molecule has 0 unspecified atom stereocenters. The van der Waals surface area contributed by atoms with E-state index in [9.17, 15) is 0 Å². The van der Waals surface area contributed by atoms with Gasteiger partial charge in [-0.25, -0.2) is 0 Å². The average molecular weight is 692 g/mol. The van der Waals surface area contributed by atoms with Gasteiger partial charge in [-0.05, 0) is 74.1 Å². The molecule has 0 rings (SSSR count). The van der Waals surface area contributed by atoms with Crippen LogP contribution in [0.4, 0.5) is 0 Å². The van der Waals surface area contributed by atoms with Crippen LogP contribution in [-0.4, -0.2) is 55.0 Å². The zero-order valence-electron chi connectivity index (χ0n) is 35.7. The Bertz CT molecular complexity index is 912. The summed E-state index contributed by atoms with van der Waals surface area (Å²) in [6, 6.07) is 0. The summed E-state index contributed by atoms with van der Waals surface area (Å²) < 4.78 is 19.7. The lowest BCUT2D eigenvalue weighted by atomic mass is 10.2. The molecule has 0 aliphatic carbocycles. The van der Waals surface area contributed by atoms with Crippen molar-refractivity contribution < 1.29 is 0 Å². The quantitative estimate of drug-likeness (QED) is 0.209. The topological polar surface area (TPSA) is 37.1 Å². The number of hydrogen-bond acceptors (Lipinski definition) is 3. The first-order valence-electron chi connectivity index (χ1n) is 17.3. The second kappa shape index (κ2) is 12.0. The molecule has 0 heterocycles. The fourth-order valence-corrected chi connectivity index (χ4v) is 48.6. The van der Waals surface area contributed by atoms with Crippen molar-refractivity contribution in [3.05, 3.63) is 0 Å². The largest absolute Gasteiger partial charge is 0.427 e. The normalized spacial score (nSPS) is 16.6. The van der Waals surface area contributed by atoms with Gasteiger partial charge in [0.1, 0.15) is 0 Å². The van der Waals surface area contributed by atoms with Crippen LogP contribution in [0.15, 0.2) is 13.2 Å². The summed E-state index contributed by atoms with van der Waals surface area (Å²) in [6.07, 6.45) is 0. The molecule has 0 bridgehead atoms. The van der Waals surface area contributed by atoms with E-state index in [1.807, 2.05) is 0 Å². The Morgan fingerprint density at radius 1 is 0.250 bits per heavy atom. The van der Waals surface area contributed by atoms with Gasteiger partial charge in [0, 0.05) is 0 Å². The number of rotatable bonds is 3.